The number of barbiturate groups is 1. The minimum absolute atomic E-state index is 0.197. The van der Waals surface area contributed by atoms with Crippen LogP contribution in [0, 0.1) is 0 Å². The van der Waals surface area contributed by atoms with Gasteiger partial charge in [-0.3, -0.25) is 14.9 Å². The van der Waals surface area contributed by atoms with Gasteiger partial charge >= 0.3 is 12.0 Å². The SMILES string of the molecule is CCOc1cccc(N2C(=O)NC(=O)C(=Cc3ccc(OC(C)C(=O)O)c(OCC)c3)C2=O)c1. The van der Waals surface area contributed by atoms with Crippen LogP contribution in [0.1, 0.15) is 26.3 Å². The molecule has 0 spiro atoms. The highest BCUT2D eigenvalue weighted by Gasteiger charge is 2.37. The second kappa shape index (κ2) is 10.5. The lowest BCUT2D eigenvalue weighted by molar-refractivity contribution is -0.144. The van der Waals surface area contributed by atoms with Crippen LogP contribution in [0.3, 0.4) is 0 Å². The average molecular weight is 468 g/mol. The predicted molar refractivity (Wildman–Crippen MR) is 122 cm³/mol. The highest BCUT2D eigenvalue weighted by Crippen LogP contribution is 2.31. The van der Waals surface area contributed by atoms with Gasteiger partial charge in [-0.25, -0.2) is 14.5 Å². The summed E-state index contributed by atoms with van der Waals surface area (Å²) in [4.78, 5) is 50.0. The first-order chi connectivity index (χ1) is 16.2. The summed E-state index contributed by atoms with van der Waals surface area (Å²) in [5.41, 5.74) is 0.388. The lowest BCUT2D eigenvalue weighted by atomic mass is 10.1. The quantitative estimate of drug-likeness (QED) is 0.424. The van der Waals surface area contributed by atoms with Crippen molar-refractivity contribution in [1.29, 1.82) is 0 Å². The molecule has 0 bridgehead atoms. The normalized spacial score (nSPS) is 15.7. The number of nitrogens with one attached hydrogen (secondary N) is 1. The molecule has 34 heavy (non-hydrogen) atoms. The molecule has 1 aliphatic rings. The topological polar surface area (TPSA) is 131 Å². The first kappa shape index (κ1) is 24.3. The van der Waals surface area contributed by atoms with E-state index in [-0.39, 0.29) is 29.4 Å². The van der Waals surface area contributed by atoms with Gasteiger partial charge in [-0.05, 0) is 56.7 Å². The number of ether oxygens (including phenoxy) is 3. The monoisotopic (exact) mass is 468 g/mol. The molecule has 1 heterocycles. The van der Waals surface area contributed by atoms with Crippen molar-refractivity contribution < 1.29 is 38.5 Å². The molecule has 1 aliphatic heterocycles. The molecule has 10 nitrogen and oxygen atoms in total. The molecular weight excluding hydrogens is 444 g/mol. The van der Waals surface area contributed by atoms with Crippen molar-refractivity contribution in [3.8, 4) is 17.2 Å². The van der Waals surface area contributed by atoms with Crippen molar-refractivity contribution in [2.24, 2.45) is 0 Å². The maximum atomic E-state index is 13.1. The number of carboxylic acids is 1. The zero-order chi connectivity index (χ0) is 24.8. The van der Waals surface area contributed by atoms with Gasteiger partial charge in [0.1, 0.15) is 11.3 Å². The first-order valence-corrected chi connectivity index (χ1v) is 10.6. The third-order valence-corrected chi connectivity index (χ3v) is 4.72. The molecule has 0 radical (unpaired) electrons. The van der Waals surface area contributed by atoms with Crippen LogP contribution in [0.4, 0.5) is 10.5 Å². The van der Waals surface area contributed by atoms with Crippen LogP contribution in [0.25, 0.3) is 6.08 Å². The van der Waals surface area contributed by atoms with Crippen LogP contribution in [0.5, 0.6) is 17.2 Å². The summed E-state index contributed by atoms with van der Waals surface area (Å²) in [6.45, 7) is 5.61. The Labute approximate surface area is 195 Å². The minimum atomic E-state index is -1.14. The molecule has 1 fully saturated rings. The van der Waals surface area contributed by atoms with Crippen LogP contribution in [-0.4, -0.2) is 48.2 Å². The Morgan fingerprint density at radius 1 is 1.06 bits per heavy atom. The molecular formula is C24H24N2O8. The molecule has 10 heteroatoms. The highest BCUT2D eigenvalue weighted by molar-refractivity contribution is 6.39. The van der Waals surface area contributed by atoms with E-state index in [2.05, 4.69) is 5.32 Å². The average Bonchev–Trinajstić information content (AvgIpc) is 2.78. The van der Waals surface area contributed by atoms with E-state index in [9.17, 15) is 19.2 Å². The zero-order valence-electron chi connectivity index (χ0n) is 18.9. The number of carbonyl (C=O) groups is 4. The standard InChI is InChI=1S/C24H24N2O8/c1-4-32-17-8-6-7-16(13-17)26-22(28)18(21(27)25-24(26)31)11-15-9-10-19(20(12-15)33-5-2)34-14(3)23(29)30/h6-14H,4-5H2,1-3H3,(H,29,30)(H,25,27,31). The van der Waals surface area contributed by atoms with Gasteiger partial charge in [-0.2, -0.15) is 0 Å². The second-order valence-corrected chi connectivity index (χ2v) is 7.13. The molecule has 2 aromatic rings. The van der Waals surface area contributed by atoms with Crippen molar-refractivity contribution in [3.63, 3.8) is 0 Å². The molecule has 4 amide bonds. The van der Waals surface area contributed by atoms with E-state index in [0.717, 1.165) is 4.90 Å². The number of anilines is 1. The van der Waals surface area contributed by atoms with Gasteiger partial charge in [0.2, 0.25) is 0 Å². The minimum Gasteiger partial charge on any atom is -0.494 e. The third kappa shape index (κ3) is 5.34. The van der Waals surface area contributed by atoms with Crippen molar-refractivity contribution in [2.75, 3.05) is 18.1 Å². The summed E-state index contributed by atoms with van der Waals surface area (Å²) in [6, 6.07) is 10.1. The summed E-state index contributed by atoms with van der Waals surface area (Å²) in [5, 5.41) is 11.3. The van der Waals surface area contributed by atoms with E-state index in [4.69, 9.17) is 19.3 Å². The van der Waals surface area contributed by atoms with E-state index in [1.165, 1.54) is 37.3 Å². The van der Waals surface area contributed by atoms with E-state index >= 15 is 0 Å². The summed E-state index contributed by atoms with van der Waals surface area (Å²) < 4.78 is 16.4. The molecule has 178 valence electrons. The molecule has 2 N–H and O–H groups in total. The van der Waals surface area contributed by atoms with Gasteiger partial charge in [-0.1, -0.05) is 12.1 Å². The molecule has 1 saturated heterocycles. The smallest absolute Gasteiger partial charge is 0.344 e. The number of aliphatic carboxylic acids is 1. The Morgan fingerprint density at radius 3 is 2.47 bits per heavy atom. The number of benzene rings is 2. The third-order valence-electron chi connectivity index (χ3n) is 4.72. The van der Waals surface area contributed by atoms with Crippen LogP contribution < -0.4 is 24.4 Å². The molecule has 0 aromatic heterocycles. The first-order valence-electron chi connectivity index (χ1n) is 10.6. The number of urea groups is 1. The molecule has 1 unspecified atom stereocenters. The van der Waals surface area contributed by atoms with Crippen molar-refractivity contribution >= 4 is 35.6 Å². The van der Waals surface area contributed by atoms with Crippen LogP contribution in [0.2, 0.25) is 0 Å². The number of amides is 4. The highest BCUT2D eigenvalue weighted by atomic mass is 16.5. The maximum absolute atomic E-state index is 13.1. The summed E-state index contributed by atoms with van der Waals surface area (Å²) >= 11 is 0. The van der Waals surface area contributed by atoms with Gasteiger partial charge in [-0.15, -0.1) is 0 Å². The molecule has 0 saturated carbocycles. The Kier molecular flexibility index (Phi) is 7.52. The summed E-state index contributed by atoms with van der Waals surface area (Å²) in [6.07, 6.45) is 0.206. The molecule has 1 atom stereocenters. The van der Waals surface area contributed by atoms with Crippen LogP contribution in [0.15, 0.2) is 48.0 Å². The lowest BCUT2D eigenvalue weighted by Crippen LogP contribution is -2.54. The molecule has 2 aromatic carbocycles. The number of hydrogen-bond donors (Lipinski definition) is 2. The van der Waals surface area contributed by atoms with E-state index in [1.807, 2.05) is 0 Å². The second-order valence-electron chi connectivity index (χ2n) is 7.13. The van der Waals surface area contributed by atoms with Crippen molar-refractivity contribution in [2.45, 2.75) is 26.9 Å². The van der Waals surface area contributed by atoms with E-state index in [0.29, 0.717) is 17.9 Å². The lowest BCUT2D eigenvalue weighted by Gasteiger charge is -2.26. The number of rotatable bonds is 9. The number of carboxylic acid groups (broad SMARTS) is 1. The maximum Gasteiger partial charge on any atom is 0.344 e. The van der Waals surface area contributed by atoms with Gasteiger partial charge < -0.3 is 19.3 Å². The fourth-order valence-corrected chi connectivity index (χ4v) is 3.16. The van der Waals surface area contributed by atoms with Crippen molar-refractivity contribution in [1.82, 2.24) is 5.32 Å². The number of imide groups is 2. The van der Waals surface area contributed by atoms with E-state index in [1.54, 1.807) is 32.0 Å². The van der Waals surface area contributed by atoms with Gasteiger partial charge in [0.15, 0.2) is 17.6 Å². The van der Waals surface area contributed by atoms with Crippen molar-refractivity contribution in [3.05, 3.63) is 53.6 Å². The zero-order valence-corrected chi connectivity index (χ0v) is 18.9. The molecule has 0 aliphatic carbocycles. The Bertz CT molecular complexity index is 1160. The molecule has 3 rings (SSSR count). The van der Waals surface area contributed by atoms with Gasteiger partial charge in [0.05, 0.1) is 18.9 Å². The Balaban J connectivity index is 1.96. The summed E-state index contributed by atoms with van der Waals surface area (Å²) in [7, 11) is 0. The fraction of sp³-hybridized carbons (Fsp3) is 0.250. The van der Waals surface area contributed by atoms with Gasteiger partial charge in [0.25, 0.3) is 11.8 Å². The Hall–Kier alpha value is -4.34. The predicted octanol–water partition coefficient (Wildman–Crippen LogP) is 3.00. The van der Waals surface area contributed by atoms with Crippen LogP contribution >= 0.6 is 0 Å². The number of nitrogens with zero attached hydrogens (tertiary/aromatic N) is 1. The van der Waals surface area contributed by atoms with Gasteiger partial charge in [0, 0.05) is 6.07 Å². The fourth-order valence-electron chi connectivity index (χ4n) is 3.16. The van der Waals surface area contributed by atoms with E-state index < -0.39 is 29.9 Å². The number of carbonyl (C=O) groups excluding carboxylic acids is 3. The summed E-state index contributed by atoms with van der Waals surface area (Å²) in [5.74, 6) is -1.88. The largest absolute Gasteiger partial charge is 0.494 e. The Morgan fingerprint density at radius 2 is 1.79 bits per heavy atom. The number of hydrogen-bond acceptors (Lipinski definition) is 7. The van der Waals surface area contributed by atoms with Crippen LogP contribution in [-0.2, 0) is 14.4 Å².